The summed E-state index contributed by atoms with van der Waals surface area (Å²) in [5.74, 6) is -2.39. The number of nitriles is 1. The number of carbonyl (C=O) groups is 4. The molecule has 5 heterocycles. The van der Waals surface area contributed by atoms with Gasteiger partial charge in [-0.2, -0.15) is 5.26 Å². The average Bonchev–Trinajstić information content (AvgIpc) is 1.59. The number of aromatic nitrogens is 6. The first-order valence-corrected chi connectivity index (χ1v) is 35.3. The van der Waals surface area contributed by atoms with Gasteiger partial charge in [-0.25, -0.2) is 13.8 Å². The van der Waals surface area contributed by atoms with E-state index in [9.17, 15) is 24.4 Å². The number of fused-ring (bicyclic) bond motifs is 5. The van der Waals surface area contributed by atoms with Gasteiger partial charge in [0, 0.05) is 83.2 Å². The van der Waals surface area contributed by atoms with Crippen molar-refractivity contribution >= 4 is 109 Å². The lowest BCUT2D eigenvalue weighted by Crippen LogP contribution is -2.40. The largest absolute Gasteiger partial charge is 0.495 e. The average molecular weight is 1450 g/mol. The fourth-order valence-corrected chi connectivity index (χ4v) is 15.1. The number of nitrogens with one attached hydrogen (secondary N) is 4. The van der Waals surface area contributed by atoms with Crippen molar-refractivity contribution in [2.45, 2.75) is 144 Å². The molecule has 1 saturated carbocycles. The highest BCUT2D eigenvalue weighted by Crippen LogP contribution is 2.61. The molecule has 12 rings (SSSR count). The van der Waals surface area contributed by atoms with Crippen molar-refractivity contribution in [1.82, 2.24) is 29.7 Å². The van der Waals surface area contributed by atoms with Crippen molar-refractivity contribution < 1.29 is 37.4 Å². The standard InChI is InChI=1S/C33H32Cl2F2N2O3.C23H25ClN4O2S.C22H25N5O/c1-18(40)19-6-11-28(29(12-19)42-5)39-31(41)24-13-20(16-32(2,3)4)33(17-38,25-10-8-22(35)15-27(25)37)30(24)23-9-7-21(34)14-26(23)36;1-12-13(2)31-22-19(12)20(15-7-9-16(24)10-8-15)25-17(11-18(29)30-23(4,5)6)21-27-26-14(3)28(21)22;1-3-13(2)21(23)22(28)25-15-8-9-18-19(11-15)27-20(26-18)10-14-12-24-17-7-5-4-6-16(14)17/h6-12,14-15,20,24,30H,13,16H2,1-5H3,(H,39,41);7-10,17H,11H2,1-6H3;4-9,11-13,21,24H,3,10,23H2,1-2H3,(H,25,28)(H,26,27)/t20-,24+,30-,33+;17-;13-,21-/m000/s1. The quantitative estimate of drug-likeness (QED) is 0.0449. The van der Waals surface area contributed by atoms with Crippen LogP contribution in [-0.4, -0.2) is 77.7 Å². The lowest BCUT2D eigenvalue weighted by Gasteiger charge is -2.38. The summed E-state index contributed by atoms with van der Waals surface area (Å²) in [6, 6.07) is 35.7. The van der Waals surface area contributed by atoms with Gasteiger partial charge in [0.25, 0.3) is 0 Å². The number of hydrogen-bond acceptors (Lipinski definition) is 13. The normalized spacial score (nSPS) is 17.7. The number of methoxy groups -OCH3 is 1. The number of nitrogens with two attached hydrogens (primary N) is 1. The number of esters is 1. The van der Waals surface area contributed by atoms with Gasteiger partial charge in [0.05, 0.1) is 53.5 Å². The zero-order valence-corrected chi connectivity index (χ0v) is 61.7. The minimum atomic E-state index is -1.62. The number of para-hydroxylation sites is 1. The summed E-state index contributed by atoms with van der Waals surface area (Å²) in [4.78, 5) is 68.7. The number of ketones is 1. The molecule has 1 fully saturated rings. The number of aromatic amines is 2. The molecule has 2 amide bonds. The van der Waals surface area contributed by atoms with Gasteiger partial charge < -0.3 is 35.8 Å². The van der Waals surface area contributed by atoms with Gasteiger partial charge in [0.1, 0.15) is 45.7 Å². The summed E-state index contributed by atoms with van der Waals surface area (Å²) < 4.78 is 44.6. The molecule has 0 radical (unpaired) electrons. The van der Waals surface area contributed by atoms with Crippen LogP contribution in [0.25, 0.3) is 26.9 Å². The first kappa shape index (κ1) is 74.6. The third-order valence-corrected chi connectivity index (χ3v) is 20.4. The van der Waals surface area contributed by atoms with Crippen LogP contribution in [0.2, 0.25) is 15.1 Å². The van der Waals surface area contributed by atoms with Crippen molar-refractivity contribution in [2.75, 3.05) is 17.7 Å². The van der Waals surface area contributed by atoms with E-state index in [-0.39, 0.29) is 68.8 Å². The maximum Gasteiger partial charge on any atom is 0.308 e. The van der Waals surface area contributed by atoms with E-state index in [1.54, 1.807) is 23.5 Å². The van der Waals surface area contributed by atoms with E-state index in [1.165, 1.54) is 60.2 Å². The van der Waals surface area contributed by atoms with Gasteiger partial charge in [-0.1, -0.05) is 118 Å². The molecule has 101 heavy (non-hydrogen) atoms. The van der Waals surface area contributed by atoms with E-state index in [0.29, 0.717) is 34.9 Å². The first-order valence-electron chi connectivity index (χ1n) is 33.3. The number of amides is 2. The minimum absolute atomic E-state index is 0.0571. The number of thiophene rings is 1. The second-order valence-corrected chi connectivity index (χ2v) is 30.6. The lowest BCUT2D eigenvalue weighted by atomic mass is 9.62. The number of halogens is 5. The third-order valence-electron chi connectivity index (χ3n) is 18.5. The van der Waals surface area contributed by atoms with Crippen molar-refractivity contribution in [1.29, 1.82) is 5.26 Å². The number of rotatable bonds is 16. The molecule has 4 aromatic heterocycles. The van der Waals surface area contributed by atoms with Crippen LogP contribution in [0.15, 0.2) is 133 Å². The summed E-state index contributed by atoms with van der Waals surface area (Å²) in [6.45, 7) is 23.1. The molecule has 0 bridgehead atoms. The Hall–Kier alpha value is -9.10. The van der Waals surface area contributed by atoms with Gasteiger partial charge in [0.15, 0.2) is 11.6 Å². The van der Waals surface area contributed by atoms with Gasteiger partial charge in [-0.15, -0.1) is 21.5 Å². The van der Waals surface area contributed by atoms with Crippen molar-refractivity contribution in [3.8, 4) is 16.8 Å². The van der Waals surface area contributed by atoms with Crippen LogP contribution < -0.4 is 21.1 Å². The fourth-order valence-electron chi connectivity index (χ4n) is 13.4. The Kier molecular flexibility index (Phi) is 22.6. The second kappa shape index (κ2) is 30.6. The Balaban J connectivity index is 0.000000167. The number of imidazole rings is 1. The zero-order valence-electron chi connectivity index (χ0n) is 58.6. The van der Waals surface area contributed by atoms with E-state index in [1.807, 2.05) is 128 Å². The molecule has 0 saturated heterocycles. The van der Waals surface area contributed by atoms with Gasteiger partial charge in [0.2, 0.25) is 11.8 Å². The summed E-state index contributed by atoms with van der Waals surface area (Å²) in [5.41, 5.74) is 13.1. The number of nitrogens with zero attached hydrogens (tertiary/aromatic N) is 6. The van der Waals surface area contributed by atoms with Crippen LogP contribution >= 0.6 is 46.1 Å². The Bertz CT molecular complexity index is 4850. The molecular formula is C78H82Cl3F2N11O6S. The highest BCUT2D eigenvalue weighted by Gasteiger charge is 2.61. The van der Waals surface area contributed by atoms with Gasteiger partial charge in [-0.05, 0) is 174 Å². The Morgan fingerprint density at radius 3 is 2.21 bits per heavy atom. The smallest absolute Gasteiger partial charge is 0.308 e. The summed E-state index contributed by atoms with van der Waals surface area (Å²) in [6.07, 6.45) is 4.32. The topological polar surface area (TPSA) is 248 Å². The van der Waals surface area contributed by atoms with Gasteiger partial charge in [-0.3, -0.25) is 28.7 Å². The van der Waals surface area contributed by atoms with Crippen LogP contribution in [0, 0.1) is 66.9 Å². The van der Waals surface area contributed by atoms with E-state index < -0.39 is 58.4 Å². The fraction of sp³-hybridized carbons (Fsp3) is 0.346. The number of aliphatic imine (C=N–C) groups is 1. The number of ether oxygens (including phenoxy) is 2. The van der Waals surface area contributed by atoms with E-state index in [0.717, 1.165) is 79.8 Å². The highest BCUT2D eigenvalue weighted by atomic mass is 35.5. The predicted molar refractivity (Wildman–Crippen MR) is 397 cm³/mol. The minimum Gasteiger partial charge on any atom is -0.495 e. The third kappa shape index (κ3) is 16.5. The number of aryl methyl sites for hydroxylation is 2. The summed E-state index contributed by atoms with van der Waals surface area (Å²) in [7, 11) is 1.42. The van der Waals surface area contributed by atoms with Crippen molar-refractivity contribution in [3.63, 3.8) is 0 Å². The Morgan fingerprint density at radius 1 is 0.861 bits per heavy atom. The molecule has 7 atom stereocenters. The maximum absolute atomic E-state index is 15.8. The Morgan fingerprint density at radius 2 is 1.55 bits per heavy atom. The molecular weight excluding hydrogens is 1360 g/mol. The predicted octanol–water partition coefficient (Wildman–Crippen LogP) is 18.2. The monoisotopic (exact) mass is 1440 g/mol. The van der Waals surface area contributed by atoms with Gasteiger partial charge >= 0.3 is 5.97 Å². The Labute approximate surface area is 605 Å². The van der Waals surface area contributed by atoms with E-state index in [2.05, 4.69) is 67.8 Å². The second-order valence-electron chi connectivity index (χ2n) is 28.1. The lowest BCUT2D eigenvalue weighted by molar-refractivity contribution is -0.155. The molecule has 0 unspecified atom stereocenters. The number of benzene rings is 6. The van der Waals surface area contributed by atoms with E-state index in [4.69, 9.17) is 55.0 Å². The molecule has 526 valence electrons. The number of anilines is 2. The molecule has 6 N–H and O–H groups in total. The summed E-state index contributed by atoms with van der Waals surface area (Å²) in [5, 5.41) is 28.7. The first-order chi connectivity index (χ1) is 47.8. The molecule has 0 spiro atoms. The number of Topliss-reactive ketones (excluding diaryl/α,β-unsaturated/α-hetero) is 1. The van der Waals surface area contributed by atoms with Crippen LogP contribution in [0.4, 0.5) is 20.2 Å². The number of hydrogen-bond donors (Lipinski definition) is 5. The molecule has 2 aliphatic rings. The van der Waals surface area contributed by atoms with Crippen LogP contribution in [0.5, 0.6) is 5.75 Å². The SMILES string of the molecule is CC[C@H](C)[C@H](N)C(=O)Nc1ccc2nc(Cc3c[nH]c4ccccc34)[nH]c2c1.COc1cc(C(C)=O)ccc1NC(=O)[C@@H]1C[C@@H](CC(C)(C)C)[C@](C#N)(c2ccc(Cl)cc2F)[C@H]1c1ccc(Cl)cc1F.Cc1sc2c(c1C)C(c1ccc(Cl)cc1)=N[C@@H](CC(=O)OC(C)(C)C)c1nnc(C)n1-2. The zero-order chi connectivity index (χ0) is 73.2. The van der Waals surface area contributed by atoms with Crippen LogP contribution in [-0.2, 0) is 31.0 Å². The van der Waals surface area contributed by atoms with Crippen molar-refractivity contribution in [3.05, 3.63) is 216 Å². The molecule has 1 aliphatic heterocycles. The molecule has 17 nitrogen and oxygen atoms in total. The van der Waals surface area contributed by atoms with E-state index >= 15 is 8.78 Å². The molecule has 23 heteroatoms. The molecule has 1 aliphatic carbocycles. The number of carbonyl (C=O) groups excluding carboxylic acids is 4. The van der Waals surface area contributed by atoms with Crippen molar-refractivity contribution in [2.24, 2.45) is 33.9 Å². The molecule has 10 aromatic rings. The van der Waals surface area contributed by atoms with Crippen LogP contribution in [0.3, 0.4) is 0 Å². The maximum atomic E-state index is 15.8. The summed E-state index contributed by atoms with van der Waals surface area (Å²) >= 11 is 20.0. The number of H-pyrrole nitrogens is 2. The molecule has 6 aromatic carbocycles. The van der Waals surface area contributed by atoms with Crippen LogP contribution in [0.1, 0.15) is 166 Å². The highest BCUT2D eigenvalue weighted by molar-refractivity contribution is 7.15.